The predicted octanol–water partition coefficient (Wildman–Crippen LogP) is 2.24. The fourth-order valence-electron chi connectivity index (χ4n) is 2.60. The lowest BCUT2D eigenvalue weighted by Gasteiger charge is -2.13. The Balaban J connectivity index is 1.81. The second-order valence-electron chi connectivity index (χ2n) is 6.57. The normalized spacial score (nSPS) is 15.5. The second kappa shape index (κ2) is 9.03. The van der Waals surface area contributed by atoms with Gasteiger partial charge in [-0.2, -0.15) is 10.2 Å². The molecule has 1 fully saturated rings. The fraction of sp³-hybridized carbons (Fsp3) is 0.400. The average Bonchev–Trinajstić information content (AvgIpc) is 3.20. The Morgan fingerprint density at radius 1 is 1.29 bits per heavy atom. The van der Waals surface area contributed by atoms with Gasteiger partial charge in [0.2, 0.25) is 5.69 Å². The summed E-state index contributed by atoms with van der Waals surface area (Å²) in [5, 5.41) is 15.5. The Bertz CT molecular complexity index is 936. The topological polar surface area (TPSA) is 105 Å². The van der Waals surface area contributed by atoms with Crippen LogP contribution in [0.4, 0.5) is 11.6 Å². The van der Waals surface area contributed by atoms with E-state index in [-0.39, 0.29) is 23.6 Å². The van der Waals surface area contributed by atoms with Crippen LogP contribution in [0.5, 0.6) is 11.6 Å². The van der Waals surface area contributed by atoms with Crippen LogP contribution < -0.4 is 20.1 Å². The van der Waals surface area contributed by atoms with Gasteiger partial charge in [0, 0.05) is 24.7 Å². The van der Waals surface area contributed by atoms with E-state index in [4.69, 9.17) is 9.47 Å². The Kier molecular flexibility index (Phi) is 6.25. The maximum absolute atomic E-state index is 9.25. The molecular weight excluding hydrogens is 356 g/mol. The van der Waals surface area contributed by atoms with Gasteiger partial charge in [-0.3, -0.25) is 0 Å². The van der Waals surface area contributed by atoms with E-state index in [1.54, 1.807) is 19.4 Å². The Morgan fingerprint density at radius 2 is 2.14 bits per heavy atom. The SMILES string of the molecule is COc1cc(Nc2cnc(C#N)c(OC3CCNC3)n2)ncc1C#CC(C)C. The average molecular weight is 378 g/mol. The molecule has 0 bridgehead atoms. The summed E-state index contributed by atoms with van der Waals surface area (Å²) in [5.74, 6) is 8.19. The van der Waals surface area contributed by atoms with E-state index in [9.17, 15) is 5.26 Å². The standard InChI is InChI=1S/C20H22N6O2/c1-13(2)4-5-14-10-24-18(8-17(14)27-3)25-19-12-23-16(9-21)20(26-19)28-15-6-7-22-11-15/h8,10,12-13,15,22H,6-7,11H2,1-3H3,(H,24,25,26). The van der Waals surface area contributed by atoms with Gasteiger partial charge in [-0.25, -0.2) is 9.97 Å². The van der Waals surface area contributed by atoms with Crippen molar-refractivity contribution in [2.45, 2.75) is 26.4 Å². The van der Waals surface area contributed by atoms with Crippen LogP contribution in [0.25, 0.3) is 0 Å². The number of pyridine rings is 1. The molecule has 1 aliphatic heterocycles. The molecule has 1 atom stereocenters. The first-order valence-corrected chi connectivity index (χ1v) is 9.06. The number of hydrogen-bond acceptors (Lipinski definition) is 8. The van der Waals surface area contributed by atoms with Gasteiger partial charge in [0.1, 0.15) is 23.7 Å². The molecule has 0 spiro atoms. The van der Waals surface area contributed by atoms with Crippen molar-refractivity contribution >= 4 is 11.6 Å². The van der Waals surface area contributed by atoms with Crippen LogP contribution >= 0.6 is 0 Å². The molecule has 1 unspecified atom stereocenters. The zero-order chi connectivity index (χ0) is 19.9. The molecule has 8 nitrogen and oxygen atoms in total. The summed E-state index contributed by atoms with van der Waals surface area (Å²) in [6, 6.07) is 3.75. The number of aromatic nitrogens is 3. The van der Waals surface area contributed by atoms with Crippen LogP contribution in [0.2, 0.25) is 0 Å². The van der Waals surface area contributed by atoms with Crippen LogP contribution in [0.1, 0.15) is 31.5 Å². The van der Waals surface area contributed by atoms with Gasteiger partial charge in [0.05, 0.1) is 18.9 Å². The number of methoxy groups -OCH3 is 1. The molecule has 1 saturated heterocycles. The Hall–Kier alpha value is -3.36. The highest BCUT2D eigenvalue weighted by atomic mass is 16.5. The Labute approximate surface area is 164 Å². The fourth-order valence-corrected chi connectivity index (χ4v) is 2.60. The zero-order valence-corrected chi connectivity index (χ0v) is 16.1. The van der Waals surface area contributed by atoms with Crippen molar-refractivity contribution in [2.75, 3.05) is 25.5 Å². The minimum Gasteiger partial charge on any atom is -0.495 e. The quantitative estimate of drug-likeness (QED) is 0.763. The van der Waals surface area contributed by atoms with E-state index in [1.807, 2.05) is 19.9 Å². The van der Waals surface area contributed by atoms with E-state index in [0.29, 0.717) is 22.9 Å². The van der Waals surface area contributed by atoms with Crippen molar-refractivity contribution in [2.24, 2.45) is 5.92 Å². The van der Waals surface area contributed by atoms with Crippen molar-refractivity contribution in [3.63, 3.8) is 0 Å². The first-order valence-electron chi connectivity index (χ1n) is 9.06. The van der Waals surface area contributed by atoms with Gasteiger partial charge >= 0.3 is 0 Å². The van der Waals surface area contributed by atoms with Crippen molar-refractivity contribution in [1.29, 1.82) is 5.26 Å². The van der Waals surface area contributed by atoms with E-state index in [0.717, 1.165) is 19.5 Å². The van der Waals surface area contributed by atoms with Gasteiger partial charge in [0.15, 0.2) is 5.82 Å². The third-order valence-electron chi connectivity index (χ3n) is 3.98. The minimum atomic E-state index is -0.0197. The number of rotatable bonds is 5. The molecule has 2 aromatic rings. The molecule has 8 heteroatoms. The summed E-state index contributed by atoms with van der Waals surface area (Å²) in [7, 11) is 1.59. The third-order valence-corrected chi connectivity index (χ3v) is 3.98. The molecule has 3 heterocycles. The van der Waals surface area contributed by atoms with E-state index in [1.165, 1.54) is 6.20 Å². The van der Waals surface area contributed by atoms with E-state index >= 15 is 0 Å². The highest BCUT2D eigenvalue weighted by Crippen LogP contribution is 2.24. The first-order chi connectivity index (χ1) is 13.6. The predicted molar refractivity (Wildman–Crippen MR) is 104 cm³/mol. The molecule has 0 amide bonds. The molecule has 0 aromatic carbocycles. The van der Waals surface area contributed by atoms with E-state index < -0.39 is 0 Å². The van der Waals surface area contributed by atoms with Crippen LogP contribution in [0.15, 0.2) is 18.5 Å². The van der Waals surface area contributed by atoms with Crippen molar-refractivity contribution in [3.05, 3.63) is 29.7 Å². The third kappa shape index (κ3) is 4.87. The summed E-state index contributed by atoms with van der Waals surface area (Å²) < 4.78 is 11.2. The molecule has 0 radical (unpaired) electrons. The van der Waals surface area contributed by atoms with Crippen LogP contribution in [-0.4, -0.2) is 41.3 Å². The second-order valence-corrected chi connectivity index (χ2v) is 6.57. The van der Waals surface area contributed by atoms with Gasteiger partial charge in [-0.05, 0) is 13.0 Å². The first kappa shape index (κ1) is 19.4. The van der Waals surface area contributed by atoms with Gasteiger partial charge < -0.3 is 20.1 Å². The summed E-state index contributed by atoms with van der Waals surface area (Å²) >= 11 is 0. The molecule has 2 aromatic heterocycles. The van der Waals surface area contributed by atoms with E-state index in [2.05, 4.69) is 37.4 Å². The minimum absolute atomic E-state index is 0.0197. The summed E-state index contributed by atoms with van der Waals surface area (Å²) in [5.41, 5.74) is 0.868. The van der Waals surface area contributed by atoms with Gasteiger partial charge in [0.25, 0.3) is 5.88 Å². The van der Waals surface area contributed by atoms with Crippen molar-refractivity contribution < 1.29 is 9.47 Å². The number of anilines is 2. The lowest BCUT2D eigenvalue weighted by Crippen LogP contribution is -2.21. The smallest absolute Gasteiger partial charge is 0.253 e. The number of nitrogens with zero attached hydrogens (tertiary/aromatic N) is 4. The van der Waals surface area contributed by atoms with Crippen molar-refractivity contribution in [1.82, 2.24) is 20.3 Å². The maximum atomic E-state index is 9.25. The maximum Gasteiger partial charge on any atom is 0.253 e. The molecule has 144 valence electrons. The highest BCUT2D eigenvalue weighted by molar-refractivity contribution is 5.57. The van der Waals surface area contributed by atoms with Crippen LogP contribution in [-0.2, 0) is 0 Å². The molecule has 1 aliphatic rings. The molecule has 0 aliphatic carbocycles. The van der Waals surface area contributed by atoms with Gasteiger partial charge in [-0.15, -0.1) is 0 Å². The van der Waals surface area contributed by atoms with Crippen LogP contribution in [0.3, 0.4) is 0 Å². The molecule has 2 N–H and O–H groups in total. The number of nitriles is 1. The number of nitrogens with one attached hydrogen (secondary N) is 2. The molecular formula is C20H22N6O2. The van der Waals surface area contributed by atoms with Crippen molar-refractivity contribution in [3.8, 4) is 29.5 Å². The Morgan fingerprint density at radius 3 is 2.82 bits per heavy atom. The van der Waals surface area contributed by atoms with Gasteiger partial charge in [-0.1, -0.05) is 25.7 Å². The zero-order valence-electron chi connectivity index (χ0n) is 16.1. The molecule has 0 saturated carbocycles. The molecule has 28 heavy (non-hydrogen) atoms. The largest absolute Gasteiger partial charge is 0.495 e. The molecule has 3 rings (SSSR count). The van der Waals surface area contributed by atoms with Crippen LogP contribution in [0, 0.1) is 29.1 Å². The summed E-state index contributed by atoms with van der Waals surface area (Å²) in [6.07, 6.45) is 3.96. The number of ether oxygens (including phenoxy) is 2. The number of hydrogen-bond donors (Lipinski definition) is 2. The lowest BCUT2D eigenvalue weighted by molar-refractivity contribution is 0.212. The summed E-state index contributed by atoms with van der Waals surface area (Å²) in [4.78, 5) is 12.9. The monoisotopic (exact) mass is 378 g/mol. The highest BCUT2D eigenvalue weighted by Gasteiger charge is 2.19. The summed E-state index contributed by atoms with van der Waals surface area (Å²) in [6.45, 7) is 5.65. The lowest BCUT2D eigenvalue weighted by atomic mass is 10.2.